The van der Waals surface area contributed by atoms with Gasteiger partial charge in [0.25, 0.3) is 0 Å². The fourth-order valence-corrected chi connectivity index (χ4v) is 6.85. The molecule has 2 aliphatic rings. The van der Waals surface area contributed by atoms with E-state index in [2.05, 4.69) is 86.6 Å². The first-order valence-electron chi connectivity index (χ1n) is 15.2. The fourth-order valence-electron chi connectivity index (χ4n) is 6.85. The molecule has 9 rings (SSSR count). The summed E-state index contributed by atoms with van der Waals surface area (Å²) in [5, 5.41) is 1.02. The van der Waals surface area contributed by atoms with Gasteiger partial charge in [-0.05, 0) is 52.1 Å². The first-order chi connectivity index (χ1) is 22.0. The second kappa shape index (κ2) is 9.63. The monoisotopic (exact) mass is 580 g/mol. The van der Waals surface area contributed by atoms with Gasteiger partial charge < -0.3 is 9.47 Å². The molecule has 0 saturated heterocycles. The summed E-state index contributed by atoms with van der Waals surface area (Å²) < 4.78 is 13.2. The van der Waals surface area contributed by atoms with Gasteiger partial charge >= 0.3 is 0 Å². The Bertz CT molecular complexity index is 2290. The first kappa shape index (κ1) is 25.7. The molecule has 2 heterocycles. The van der Waals surface area contributed by atoms with Crippen LogP contribution < -0.4 is 9.47 Å². The molecule has 4 nitrogen and oxygen atoms in total. The van der Waals surface area contributed by atoms with Gasteiger partial charge in [0.1, 0.15) is 0 Å². The molecule has 214 valence electrons. The van der Waals surface area contributed by atoms with Crippen molar-refractivity contribution in [1.29, 1.82) is 0 Å². The molecule has 1 aliphatic carbocycles. The Hall–Kier alpha value is -5.74. The molecule has 0 amide bonds. The number of hydrogen-bond acceptors (Lipinski definition) is 4. The maximum atomic E-state index is 6.66. The normalized spacial score (nSPS) is 13.6. The number of aromatic nitrogens is 2. The van der Waals surface area contributed by atoms with Crippen molar-refractivity contribution in [3.05, 3.63) is 145 Å². The van der Waals surface area contributed by atoms with Gasteiger partial charge in [-0.2, -0.15) is 0 Å². The molecule has 0 unspecified atom stereocenters. The quantitative estimate of drug-likeness (QED) is 0.208. The van der Waals surface area contributed by atoms with Crippen LogP contribution in [0.3, 0.4) is 0 Å². The number of benzene rings is 6. The van der Waals surface area contributed by atoms with Crippen LogP contribution in [0.1, 0.15) is 25.0 Å². The molecule has 0 saturated carbocycles. The molecule has 1 aliphatic heterocycles. The van der Waals surface area contributed by atoms with Gasteiger partial charge in [0.2, 0.25) is 0 Å². The van der Waals surface area contributed by atoms with Crippen molar-refractivity contribution in [2.24, 2.45) is 0 Å². The van der Waals surface area contributed by atoms with Crippen LogP contribution in [-0.2, 0) is 5.41 Å². The van der Waals surface area contributed by atoms with Gasteiger partial charge in [0, 0.05) is 27.5 Å². The highest BCUT2D eigenvalue weighted by Gasteiger charge is 2.37. The van der Waals surface area contributed by atoms with Crippen molar-refractivity contribution < 1.29 is 9.47 Å². The third-order valence-corrected chi connectivity index (χ3v) is 9.16. The SMILES string of the molecule is CC1(C)c2ccccc2-c2cc3c(cc21)Oc1cccc(-c2ccc(-c4nc(-c5ccccc5)nc5ccccc45)cc2)c1O3. The number of rotatable bonds is 3. The van der Waals surface area contributed by atoms with Crippen LogP contribution in [0.2, 0.25) is 0 Å². The van der Waals surface area contributed by atoms with Gasteiger partial charge in [-0.15, -0.1) is 0 Å². The van der Waals surface area contributed by atoms with Crippen LogP contribution >= 0.6 is 0 Å². The molecule has 0 N–H and O–H groups in total. The summed E-state index contributed by atoms with van der Waals surface area (Å²) in [4.78, 5) is 9.90. The molecule has 0 fully saturated rings. The highest BCUT2D eigenvalue weighted by molar-refractivity contribution is 5.94. The summed E-state index contributed by atoms with van der Waals surface area (Å²) >= 11 is 0. The average molecular weight is 581 g/mol. The summed E-state index contributed by atoms with van der Waals surface area (Å²) in [5.74, 6) is 3.64. The topological polar surface area (TPSA) is 44.2 Å². The van der Waals surface area contributed by atoms with Crippen LogP contribution in [0.5, 0.6) is 23.0 Å². The van der Waals surface area contributed by atoms with Gasteiger partial charge in [0.15, 0.2) is 28.8 Å². The Morgan fingerprint density at radius 2 is 1.20 bits per heavy atom. The number of para-hydroxylation sites is 2. The van der Waals surface area contributed by atoms with E-state index in [1.807, 2.05) is 60.7 Å². The van der Waals surface area contributed by atoms with Crippen molar-refractivity contribution in [1.82, 2.24) is 9.97 Å². The minimum absolute atomic E-state index is 0.106. The van der Waals surface area contributed by atoms with Gasteiger partial charge in [0.05, 0.1) is 11.2 Å². The van der Waals surface area contributed by atoms with Crippen molar-refractivity contribution >= 4 is 10.9 Å². The summed E-state index contributed by atoms with van der Waals surface area (Å²) in [6.07, 6.45) is 0. The summed E-state index contributed by atoms with van der Waals surface area (Å²) in [6.45, 7) is 4.55. The predicted molar refractivity (Wildman–Crippen MR) is 180 cm³/mol. The lowest BCUT2D eigenvalue weighted by molar-refractivity contribution is 0.360. The zero-order valence-corrected chi connectivity index (χ0v) is 24.9. The van der Waals surface area contributed by atoms with Crippen LogP contribution in [0.4, 0.5) is 0 Å². The van der Waals surface area contributed by atoms with E-state index in [1.165, 1.54) is 22.3 Å². The molecule has 0 atom stereocenters. The second-order valence-electron chi connectivity index (χ2n) is 12.2. The molecule has 45 heavy (non-hydrogen) atoms. The van der Waals surface area contributed by atoms with E-state index < -0.39 is 0 Å². The van der Waals surface area contributed by atoms with Crippen LogP contribution in [0.15, 0.2) is 133 Å². The third kappa shape index (κ3) is 3.99. The number of nitrogens with zero attached hydrogens (tertiary/aromatic N) is 2. The van der Waals surface area contributed by atoms with Crippen LogP contribution in [0, 0.1) is 0 Å². The Morgan fingerprint density at radius 1 is 0.489 bits per heavy atom. The summed E-state index contributed by atoms with van der Waals surface area (Å²) in [6, 6.07) is 45.8. The van der Waals surface area contributed by atoms with Gasteiger partial charge in [-0.25, -0.2) is 9.97 Å². The summed E-state index contributed by atoms with van der Waals surface area (Å²) in [7, 11) is 0. The summed E-state index contributed by atoms with van der Waals surface area (Å²) in [5.41, 5.74) is 10.8. The predicted octanol–water partition coefficient (Wildman–Crippen LogP) is 10.8. The lowest BCUT2D eigenvalue weighted by atomic mass is 9.82. The van der Waals surface area contributed by atoms with Gasteiger partial charge in [-0.3, -0.25) is 0 Å². The Morgan fingerprint density at radius 3 is 2.07 bits per heavy atom. The van der Waals surface area contributed by atoms with Crippen LogP contribution in [-0.4, -0.2) is 9.97 Å². The van der Waals surface area contributed by atoms with Crippen molar-refractivity contribution in [2.75, 3.05) is 0 Å². The Balaban J connectivity index is 1.10. The number of ether oxygens (including phenoxy) is 2. The largest absolute Gasteiger partial charge is 0.449 e. The third-order valence-electron chi connectivity index (χ3n) is 9.16. The molecular weight excluding hydrogens is 552 g/mol. The average Bonchev–Trinajstić information content (AvgIpc) is 3.31. The van der Waals surface area contributed by atoms with Crippen LogP contribution in [0.25, 0.3) is 55.8 Å². The minimum Gasteiger partial charge on any atom is -0.449 e. The van der Waals surface area contributed by atoms with E-state index in [4.69, 9.17) is 19.4 Å². The van der Waals surface area contributed by atoms with Gasteiger partial charge in [-0.1, -0.05) is 123 Å². The Labute approximate surface area is 261 Å². The van der Waals surface area contributed by atoms with Crippen molar-refractivity contribution in [3.8, 4) is 67.9 Å². The molecule has 4 heteroatoms. The molecule has 7 aromatic rings. The minimum atomic E-state index is -0.106. The lowest BCUT2D eigenvalue weighted by Gasteiger charge is -2.26. The van der Waals surface area contributed by atoms with E-state index in [-0.39, 0.29) is 5.41 Å². The zero-order valence-electron chi connectivity index (χ0n) is 24.9. The highest BCUT2D eigenvalue weighted by atomic mass is 16.6. The first-order valence-corrected chi connectivity index (χ1v) is 15.2. The maximum Gasteiger partial charge on any atom is 0.177 e. The second-order valence-corrected chi connectivity index (χ2v) is 12.2. The molecule has 0 spiro atoms. The van der Waals surface area contributed by atoms with E-state index in [1.54, 1.807) is 0 Å². The maximum absolute atomic E-state index is 6.66. The highest BCUT2D eigenvalue weighted by Crippen LogP contribution is 2.56. The standard InChI is InChI=1S/C41H28N2O2/c1-41(2)32-16-8-6-13-29(32)31-23-36-37(24-33(31)41)44-35-18-10-15-28(39(35)45-36)25-19-21-26(22-20-25)38-30-14-7-9-17-34(30)42-40(43-38)27-11-4-3-5-12-27/h3-24H,1-2H3. The van der Waals surface area contributed by atoms with E-state index in [9.17, 15) is 0 Å². The molecule has 1 aromatic heterocycles. The fraction of sp³-hybridized carbons (Fsp3) is 0.0732. The molecular formula is C41H28N2O2. The molecule has 0 bridgehead atoms. The van der Waals surface area contributed by atoms with E-state index in [0.717, 1.165) is 56.1 Å². The van der Waals surface area contributed by atoms with Crippen molar-refractivity contribution in [2.45, 2.75) is 19.3 Å². The Kier molecular flexibility index (Phi) is 5.51. The molecule has 6 aromatic carbocycles. The van der Waals surface area contributed by atoms with Crippen molar-refractivity contribution in [3.63, 3.8) is 0 Å². The lowest BCUT2D eigenvalue weighted by Crippen LogP contribution is -2.15. The number of hydrogen-bond donors (Lipinski definition) is 0. The van der Waals surface area contributed by atoms with E-state index >= 15 is 0 Å². The zero-order chi connectivity index (χ0) is 30.1. The number of fused-ring (bicyclic) bond motifs is 6. The smallest absolute Gasteiger partial charge is 0.177 e. The van der Waals surface area contributed by atoms with E-state index in [0.29, 0.717) is 11.6 Å². The molecule has 0 radical (unpaired) electrons.